The molecule has 0 aliphatic carbocycles. The summed E-state index contributed by atoms with van der Waals surface area (Å²) in [7, 11) is 0. The average Bonchev–Trinajstić information content (AvgIpc) is 3.60. The van der Waals surface area contributed by atoms with E-state index in [1.807, 2.05) is 6.07 Å². The number of carbonyl (C=O) groups excluding carboxylic acids is 2. The number of carbonyl (C=O) groups is 2. The third kappa shape index (κ3) is 3.82. The Hall–Kier alpha value is -4.54. The quantitative estimate of drug-likeness (QED) is 0.184. The average molecular weight is 534 g/mol. The molecule has 38 heavy (non-hydrogen) atoms. The van der Waals surface area contributed by atoms with Crippen LogP contribution in [0.2, 0.25) is 5.02 Å². The molecular formula is C27H17ClFN3O6. The normalized spacial score (nSPS) is 20.7. The molecule has 2 aliphatic heterocycles. The highest BCUT2D eigenvalue weighted by atomic mass is 35.5. The third-order valence-corrected chi connectivity index (χ3v) is 6.79. The summed E-state index contributed by atoms with van der Waals surface area (Å²) in [4.78, 5) is 45.1. The summed E-state index contributed by atoms with van der Waals surface area (Å²) in [6.45, 7) is 0. The number of furan rings is 1. The van der Waals surface area contributed by atoms with Gasteiger partial charge in [-0.3, -0.25) is 24.5 Å². The molecule has 0 saturated carbocycles. The Kier molecular flexibility index (Phi) is 5.70. The number of nitro groups is 1. The Morgan fingerprint density at radius 1 is 0.895 bits per heavy atom. The lowest BCUT2D eigenvalue weighted by Crippen LogP contribution is -2.37. The van der Waals surface area contributed by atoms with Gasteiger partial charge in [-0.2, -0.15) is 0 Å². The van der Waals surface area contributed by atoms with Gasteiger partial charge in [0, 0.05) is 11.1 Å². The van der Waals surface area contributed by atoms with E-state index in [-0.39, 0.29) is 33.5 Å². The van der Waals surface area contributed by atoms with Crippen LogP contribution in [0.3, 0.4) is 0 Å². The molecular weight excluding hydrogens is 517 g/mol. The molecule has 3 atom stereocenters. The van der Waals surface area contributed by atoms with Gasteiger partial charge in [-0.1, -0.05) is 29.8 Å². The molecule has 2 aliphatic rings. The Labute approximate surface area is 219 Å². The molecule has 2 saturated heterocycles. The van der Waals surface area contributed by atoms with Crippen LogP contribution in [0.1, 0.15) is 11.8 Å². The number of nitrogens with zero attached hydrogens (tertiary/aromatic N) is 3. The first-order valence-electron chi connectivity index (χ1n) is 11.5. The molecule has 2 amide bonds. The van der Waals surface area contributed by atoms with Crippen LogP contribution in [-0.2, 0) is 14.4 Å². The number of hydrogen-bond donors (Lipinski definition) is 0. The smallest absolute Gasteiger partial charge is 0.281 e. The van der Waals surface area contributed by atoms with Crippen molar-refractivity contribution < 1.29 is 28.2 Å². The molecule has 0 spiro atoms. The largest absolute Gasteiger partial charge is 0.458 e. The van der Waals surface area contributed by atoms with Gasteiger partial charge in [-0.05, 0) is 60.7 Å². The number of para-hydroxylation sites is 1. The fourth-order valence-corrected chi connectivity index (χ4v) is 5.03. The van der Waals surface area contributed by atoms with E-state index >= 15 is 0 Å². The van der Waals surface area contributed by atoms with Crippen LogP contribution in [0.15, 0.2) is 89.3 Å². The van der Waals surface area contributed by atoms with E-state index in [0.717, 1.165) is 17.0 Å². The summed E-state index contributed by atoms with van der Waals surface area (Å²) in [6, 6.07) is 20.4. The first-order valence-corrected chi connectivity index (χ1v) is 11.9. The number of halogens is 2. The van der Waals surface area contributed by atoms with E-state index in [4.69, 9.17) is 20.9 Å². The van der Waals surface area contributed by atoms with E-state index in [0.29, 0.717) is 5.69 Å². The zero-order valence-corrected chi connectivity index (χ0v) is 20.1. The molecule has 190 valence electrons. The number of fused-ring (bicyclic) bond motifs is 1. The number of benzene rings is 3. The van der Waals surface area contributed by atoms with Crippen LogP contribution in [0.4, 0.5) is 21.5 Å². The fraction of sp³-hybridized carbons (Fsp3) is 0.111. The van der Waals surface area contributed by atoms with Gasteiger partial charge in [0.15, 0.2) is 6.10 Å². The third-order valence-electron chi connectivity index (χ3n) is 6.55. The van der Waals surface area contributed by atoms with Crippen molar-refractivity contribution in [3.05, 3.63) is 112 Å². The predicted molar refractivity (Wildman–Crippen MR) is 135 cm³/mol. The second-order valence-corrected chi connectivity index (χ2v) is 9.20. The molecule has 9 nitrogen and oxygen atoms in total. The molecule has 0 radical (unpaired) electrons. The Bertz CT molecular complexity index is 1580. The molecule has 2 fully saturated rings. The summed E-state index contributed by atoms with van der Waals surface area (Å²) in [6.07, 6.45) is -1.16. The summed E-state index contributed by atoms with van der Waals surface area (Å²) in [5, 5.41) is 13.3. The van der Waals surface area contributed by atoms with Crippen LogP contribution < -0.4 is 9.96 Å². The van der Waals surface area contributed by atoms with Gasteiger partial charge < -0.3 is 4.42 Å². The maximum absolute atomic E-state index is 13.7. The Balaban J connectivity index is 1.43. The van der Waals surface area contributed by atoms with Crippen molar-refractivity contribution in [1.82, 2.24) is 0 Å². The molecule has 1 aromatic heterocycles. The van der Waals surface area contributed by atoms with E-state index < -0.39 is 40.6 Å². The maximum Gasteiger partial charge on any atom is 0.281 e. The minimum Gasteiger partial charge on any atom is -0.458 e. The molecule has 3 heterocycles. The van der Waals surface area contributed by atoms with Crippen molar-refractivity contribution >= 4 is 40.5 Å². The standard InChI is InChI=1S/C27H17ClFN3O6/c28-15-6-11-19(20(14-15)32(35)36)21-12-13-22(37-21)24-23-25(38-31(24)18-4-2-1-3-5-18)27(34)30(26(23)33)17-9-7-16(29)8-10-17/h1-14,23-25H. The van der Waals surface area contributed by atoms with Crippen molar-refractivity contribution in [2.24, 2.45) is 5.92 Å². The van der Waals surface area contributed by atoms with Crippen molar-refractivity contribution in [3.63, 3.8) is 0 Å². The summed E-state index contributed by atoms with van der Waals surface area (Å²) >= 11 is 5.95. The van der Waals surface area contributed by atoms with Gasteiger partial charge >= 0.3 is 0 Å². The second kappa shape index (κ2) is 9.09. The van der Waals surface area contributed by atoms with Gasteiger partial charge in [-0.15, -0.1) is 0 Å². The summed E-state index contributed by atoms with van der Waals surface area (Å²) in [5.41, 5.74) is 0.764. The molecule has 4 aromatic rings. The minimum atomic E-state index is -1.16. The van der Waals surface area contributed by atoms with Crippen molar-refractivity contribution in [1.29, 1.82) is 0 Å². The minimum absolute atomic E-state index is 0.187. The van der Waals surface area contributed by atoms with Gasteiger partial charge in [0.2, 0.25) is 5.91 Å². The first kappa shape index (κ1) is 23.8. The Morgan fingerprint density at radius 2 is 1.63 bits per heavy atom. The highest BCUT2D eigenvalue weighted by molar-refractivity contribution is 6.31. The van der Waals surface area contributed by atoms with Gasteiger partial charge in [-0.25, -0.2) is 14.4 Å². The molecule has 0 bridgehead atoms. The number of anilines is 2. The lowest BCUT2D eigenvalue weighted by atomic mass is 9.94. The van der Waals surface area contributed by atoms with Crippen LogP contribution in [0.5, 0.6) is 0 Å². The second-order valence-electron chi connectivity index (χ2n) is 8.77. The lowest BCUT2D eigenvalue weighted by Gasteiger charge is -2.27. The van der Waals surface area contributed by atoms with Gasteiger partial charge in [0.25, 0.3) is 11.6 Å². The van der Waals surface area contributed by atoms with E-state index in [9.17, 15) is 24.1 Å². The van der Waals surface area contributed by atoms with Gasteiger partial charge in [0.05, 0.1) is 21.9 Å². The predicted octanol–water partition coefficient (Wildman–Crippen LogP) is 5.70. The molecule has 6 rings (SSSR count). The Morgan fingerprint density at radius 3 is 2.34 bits per heavy atom. The molecule has 0 N–H and O–H groups in total. The number of imide groups is 1. The van der Waals surface area contributed by atoms with Crippen molar-refractivity contribution in [2.45, 2.75) is 12.1 Å². The summed E-state index contributed by atoms with van der Waals surface area (Å²) < 4.78 is 19.6. The van der Waals surface area contributed by atoms with Crippen LogP contribution in [0, 0.1) is 21.8 Å². The van der Waals surface area contributed by atoms with E-state index in [1.165, 1.54) is 35.4 Å². The number of hydroxylamine groups is 1. The first-order chi connectivity index (χ1) is 18.3. The molecule has 11 heteroatoms. The monoisotopic (exact) mass is 533 g/mol. The van der Waals surface area contributed by atoms with Crippen LogP contribution >= 0.6 is 11.6 Å². The number of nitro benzene ring substituents is 1. The van der Waals surface area contributed by atoms with Gasteiger partial charge in [0.1, 0.15) is 29.3 Å². The fourth-order valence-electron chi connectivity index (χ4n) is 4.87. The highest BCUT2D eigenvalue weighted by Crippen LogP contribution is 2.48. The number of rotatable bonds is 5. The van der Waals surface area contributed by atoms with E-state index in [1.54, 1.807) is 36.4 Å². The lowest BCUT2D eigenvalue weighted by molar-refractivity contribution is -0.384. The highest BCUT2D eigenvalue weighted by Gasteiger charge is 2.61. The topological polar surface area (TPSA) is 106 Å². The number of amides is 2. The SMILES string of the molecule is O=C1C2ON(c3ccccc3)C(c3ccc(-c4ccc(Cl)cc4[N+](=O)[O-])o3)C2C(=O)N1c1ccc(F)cc1. The number of hydrogen-bond acceptors (Lipinski definition) is 7. The van der Waals surface area contributed by atoms with Crippen molar-refractivity contribution in [3.8, 4) is 11.3 Å². The summed E-state index contributed by atoms with van der Waals surface area (Å²) in [5.74, 6) is -2.17. The zero-order chi connectivity index (χ0) is 26.6. The molecule has 3 aromatic carbocycles. The van der Waals surface area contributed by atoms with Crippen LogP contribution in [0.25, 0.3) is 11.3 Å². The zero-order valence-electron chi connectivity index (χ0n) is 19.4. The van der Waals surface area contributed by atoms with E-state index in [2.05, 4.69) is 0 Å². The molecule has 3 unspecified atom stereocenters. The maximum atomic E-state index is 13.7. The van der Waals surface area contributed by atoms with Crippen molar-refractivity contribution in [2.75, 3.05) is 9.96 Å². The van der Waals surface area contributed by atoms with Crippen LogP contribution in [-0.4, -0.2) is 22.8 Å².